The van der Waals surface area contributed by atoms with Crippen molar-refractivity contribution in [2.24, 2.45) is 5.92 Å². The number of carbonyl (C=O) groups excluding carboxylic acids is 1. The van der Waals surface area contributed by atoms with Gasteiger partial charge in [0.2, 0.25) is 0 Å². The average Bonchev–Trinajstić information content (AvgIpc) is 3.45. The molecule has 1 aliphatic heterocycles. The lowest BCUT2D eigenvalue weighted by Gasteiger charge is -2.23. The smallest absolute Gasteiger partial charge is 0.252 e. The molecule has 1 saturated carbocycles. The first-order valence-electron chi connectivity index (χ1n) is 8.80. The first kappa shape index (κ1) is 21.2. The third-order valence-electron chi connectivity index (χ3n) is 4.98. The number of amides is 1. The lowest BCUT2D eigenvalue weighted by molar-refractivity contribution is 0.0946. The predicted octanol–water partition coefficient (Wildman–Crippen LogP) is 4.34. The summed E-state index contributed by atoms with van der Waals surface area (Å²) in [6, 6.07) is 7.55. The van der Waals surface area contributed by atoms with Crippen molar-refractivity contribution in [3.8, 4) is 0 Å². The Morgan fingerprint density at radius 2 is 2.04 bits per heavy atom. The van der Waals surface area contributed by atoms with Crippen molar-refractivity contribution in [3.63, 3.8) is 0 Å². The summed E-state index contributed by atoms with van der Waals surface area (Å²) in [4.78, 5) is 17.5. The molecule has 0 radical (unpaired) electrons. The van der Waals surface area contributed by atoms with E-state index in [1.165, 1.54) is 25.7 Å². The molecule has 1 atom stereocenters. The molecule has 2 N–H and O–H groups in total. The Balaban J connectivity index is 0.00000121. The van der Waals surface area contributed by atoms with Crippen molar-refractivity contribution in [3.05, 3.63) is 40.5 Å². The number of carbonyl (C=O) groups is 1. The van der Waals surface area contributed by atoms with Gasteiger partial charge < -0.3 is 10.6 Å². The van der Waals surface area contributed by atoms with E-state index in [2.05, 4.69) is 10.6 Å². The number of pyridine rings is 1. The summed E-state index contributed by atoms with van der Waals surface area (Å²) >= 11 is 6.14. The van der Waals surface area contributed by atoms with Crippen LogP contribution in [-0.4, -0.2) is 30.5 Å². The van der Waals surface area contributed by atoms with Gasteiger partial charge in [-0.15, -0.1) is 24.8 Å². The second kappa shape index (κ2) is 9.23. The number of hydrogen-bond donors (Lipinski definition) is 2. The third kappa shape index (κ3) is 4.80. The molecule has 2 fully saturated rings. The van der Waals surface area contributed by atoms with E-state index in [0.717, 1.165) is 36.2 Å². The van der Waals surface area contributed by atoms with Gasteiger partial charge in [-0.3, -0.25) is 9.78 Å². The normalized spacial score (nSPS) is 19.3. The topological polar surface area (TPSA) is 54.0 Å². The third-order valence-corrected chi connectivity index (χ3v) is 5.22. The number of nitrogens with zero attached hydrogens (tertiary/aromatic N) is 1. The zero-order valence-corrected chi connectivity index (χ0v) is 16.9. The van der Waals surface area contributed by atoms with E-state index in [0.29, 0.717) is 22.4 Å². The molecule has 0 spiro atoms. The standard InChI is InChI=1S/C19H22ClN3O.2ClH/c20-14-5-6-17-15(8-14)16(9-18(23-17)13-3-4-13)19(24)22-11-12-2-1-7-21-10-12;;/h5-6,8-9,12-13,21H,1-4,7,10-11H2,(H,22,24);2*1H. The zero-order valence-electron chi connectivity index (χ0n) is 14.5. The minimum absolute atomic E-state index is 0. The minimum Gasteiger partial charge on any atom is -0.352 e. The Labute approximate surface area is 171 Å². The fourth-order valence-corrected chi connectivity index (χ4v) is 3.60. The number of nitrogens with one attached hydrogen (secondary N) is 2. The molecule has 2 aromatic rings. The summed E-state index contributed by atoms with van der Waals surface area (Å²) in [5.74, 6) is 1.01. The molecule has 26 heavy (non-hydrogen) atoms. The first-order valence-corrected chi connectivity index (χ1v) is 9.17. The average molecular weight is 417 g/mol. The predicted molar refractivity (Wildman–Crippen MR) is 111 cm³/mol. The van der Waals surface area contributed by atoms with Gasteiger partial charge in [0.25, 0.3) is 5.91 Å². The molecule has 1 aromatic carbocycles. The van der Waals surface area contributed by atoms with Gasteiger partial charge in [-0.2, -0.15) is 0 Å². The first-order chi connectivity index (χ1) is 11.7. The van der Waals surface area contributed by atoms with Crippen LogP contribution in [0.3, 0.4) is 0 Å². The molecule has 1 unspecified atom stereocenters. The van der Waals surface area contributed by atoms with Crippen molar-refractivity contribution < 1.29 is 4.79 Å². The van der Waals surface area contributed by atoms with Crippen LogP contribution in [0, 0.1) is 5.92 Å². The van der Waals surface area contributed by atoms with Gasteiger partial charge in [0.1, 0.15) is 0 Å². The SMILES string of the molecule is Cl.Cl.O=C(NCC1CCCNC1)c1cc(C2CC2)nc2ccc(Cl)cc12. The Kier molecular flexibility index (Phi) is 7.53. The van der Waals surface area contributed by atoms with E-state index in [-0.39, 0.29) is 30.7 Å². The molecule has 7 heteroatoms. The van der Waals surface area contributed by atoms with Crippen LogP contribution in [0.2, 0.25) is 5.02 Å². The molecule has 142 valence electrons. The summed E-state index contributed by atoms with van der Waals surface area (Å²) in [5.41, 5.74) is 2.59. The van der Waals surface area contributed by atoms with Crippen molar-refractivity contribution in [1.82, 2.24) is 15.6 Å². The van der Waals surface area contributed by atoms with Crippen molar-refractivity contribution >= 4 is 53.2 Å². The highest BCUT2D eigenvalue weighted by atomic mass is 35.5. The summed E-state index contributed by atoms with van der Waals surface area (Å²) < 4.78 is 0. The quantitative estimate of drug-likeness (QED) is 0.779. The van der Waals surface area contributed by atoms with E-state index < -0.39 is 0 Å². The van der Waals surface area contributed by atoms with E-state index in [1.54, 1.807) is 0 Å². The Hall–Kier alpha value is -1.07. The second-order valence-electron chi connectivity index (χ2n) is 6.95. The maximum Gasteiger partial charge on any atom is 0.252 e. The molecule has 4 rings (SSSR count). The molecule has 1 aromatic heterocycles. The van der Waals surface area contributed by atoms with Crippen LogP contribution in [0.4, 0.5) is 0 Å². The number of rotatable bonds is 4. The molecule has 1 saturated heterocycles. The second-order valence-corrected chi connectivity index (χ2v) is 7.39. The van der Waals surface area contributed by atoms with Crippen LogP contribution >= 0.6 is 36.4 Å². The van der Waals surface area contributed by atoms with Gasteiger partial charge >= 0.3 is 0 Å². The molecule has 1 amide bonds. The number of piperidine rings is 1. The lowest BCUT2D eigenvalue weighted by atomic mass is 9.99. The Morgan fingerprint density at radius 1 is 1.23 bits per heavy atom. The molecule has 1 aliphatic carbocycles. The van der Waals surface area contributed by atoms with Gasteiger partial charge in [-0.05, 0) is 69.0 Å². The van der Waals surface area contributed by atoms with Gasteiger partial charge in [-0.25, -0.2) is 0 Å². The zero-order chi connectivity index (χ0) is 16.5. The van der Waals surface area contributed by atoms with Crippen LogP contribution in [0.1, 0.15) is 47.7 Å². The number of hydrogen-bond acceptors (Lipinski definition) is 3. The number of benzene rings is 1. The van der Waals surface area contributed by atoms with Gasteiger partial charge in [0.15, 0.2) is 0 Å². The van der Waals surface area contributed by atoms with Crippen LogP contribution in [0.15, 0.2) is 24.3 Å². The van der Waals surface area contributed by atoms with Crippen LogP contribution in [-0.2, 0) is 0 Å². The highest BCUT2D eigenvalue weighted by molar-refractivity contribution is 6.31. The highest BCUT2D eigenvalue weighted by Crippen LogP contribution is 2.40. The summed E-state index contributed by atoms with van der Waals surface area (Å²) in [5, 5.41) is 7.98. The Bertz CT molecular complexity index is 774. The van der Waals surface area contributed by atoms with Crippen LogP contribution in [0.25, 0.3) is 10.9 Å². The van der Waals surface area contributed by atoms with Gasteiger partial charge in [0, 0.05) is 28.6 Å². The van der Waals surface area contributed by atoms with Gasteiger partial charge in [-0.1, -0.05) is 11.6 Å². The molecule has 2 aliphatic rings. The molecule has 2 heterocycles. The van der Waals surface area contributed by atoms with Crippen molar-refractivity contribution in [1.29, 1.82) is 0 Å². The maximum absolute atomic E-state index is 12.8. The van der Waals surface area contributed by atoms with E-state index in [9.17, 15) is 4.79 Å². The largest absolute Gasteiger partial charge is 0.352 e. The summed E-state index contributed by atoms with van der Waals surface area (Å²) in [6.07, 6.45) is 4.69. The number of aromatic nitrogens is 1. The van der Waals surface area contributed by atoms with Gasteiger partial charge in [0.05, 0.1) is 11.1 Å². The number of fused-ring (bicyclic) bond motifs is 1. The van der Waals surface area contributed by atoms with Crippen LogP contribution < -0.4 is 10.6 Å². The molecule has 4 nitrogen and oxygen atoms in total. The van der Waals surface area contributed by atoms with E-state index in [1.807, 2.05) is 24.3 Å². The summed E-state index contributed by atoms with van der Waals surface area (Å²) in [6.45, 7) is 2.79. The summed E-state index contributed by atoms with van der Waals surface area (Å²) in [7, 11) is 0. The molecular weight excluding hydrogens is 393 g/mol. The number of halogens is 3. The van der Waals surface area contributed by atoms with E-state index in [4.69, 9.17) is 16.6 Å². The fraction of sp³-hybridized carbons (Fsp3) is 0.474. The van der Waals surface area contributed by atoms with Crippen molar-refractivity contribution in [2.75, 3.05) is 19.6 Å². The molecular formula is C19H24Cl3N3O. The molecule has 0 bridgehead atoms. The fourth-order valence-electron chi connectivity index (χ4n) is 3.43. The van der Waals surface area contributed by atoms with E-state index >= 15 is 0 Å². The minimum atomic E-state index is -0.0165. The highest BCUT2D eigenvalue weighted by Gasteiger charge is 2.27. The monoisotopic (exact) mass is 415 g/mol. The maximum atomic E-state index is 12.8. The lowest BCUT2D eigenvalue weighted by Crippen LogP contribution is -2.38. The van der Waals surface area contributed by atoms with Crippen LogP contribution in [0.5, 0.6) is 0 Å². The van der Waals surface area contributed by atoms with Crippen molar-refractivity contribution in [2.45, 2.75) is 31.6 Å². The Morgan fingerprint density at radius 3 is 2.73 bits per heavy atom.